The van der Waals surface area contributed by atoms with Crippen LogP contribution in [-0.2, 0) is 11.3 Å². The Morgan fingerprint density at radius 2 is 2.17 bits per heavy atom. The van der Waals surface area contributed by atoms with Gasteiger partial charge < -0.3 is 10.2 Å². The van der Waals surface area contributed by atoms with E-state index in [1.54, 1.807) is 0 Å². The highest BCUT2D eigenvalue weighted by molar-refractivity contribution is 5.76. The quantitative estimate of drug-likeness (QED) is 0.881. The van der Waals surface area contributed by atoms with Crippen molar-refractivity contribution in [2.24, 2.45) is 5.92 Å². The van der Waals surface area contributed by atoms with Gasteiger partial charge >= 0.3 is 0 Å². The predicted molar refractivity (Wildman–Crippen MR) is 73.1 cm³/mol. The first-order valence-corrected chi connectivity index (χ1v) is 6.74. The lowest BCUT2D eigenvalue weighted by Gasteiger charge is -2.25. The van der Waals surface area contributed by atoms with Gasteiger partial charge in [-0.1, -0.05) is 30.3 Å². The first-order valence-electron chi connectivity index (χ1n) is 6.74. The third-order valence-electron chi connectivity index (χ3n) is 3.55. The van der Waals surface area contributed by atoms with E-state index in [0.717, 1.165) is 13.1 Å². The van der Waals surface area contributed by atoms with Crippen LogP contribution in [0.5, 0.6) is 0 Å². The zero-order chi connectivity index (χ0) is 12.8. The van der Waals surface area contributed by atoms with Gasteiger partial charge in [-0.2, -0.15) is 0 Å². The maximum absolute atomic E-state index is 12.1. The Hall–Kier alpha value is -1.35. The zero-order valence-electron chi connectivity index (χ0n) is 11.1. The van der Waals surface area contributed by atoms with Gasteiger partial charge in [0, 0.05) is 20.0 Å². The van der Waals surface area contributed by atoms with Crippen molar-refractivity contribution in [2.75, 3.05) is 20.1 Å². The number of hydrogen-bond donors (Lipinski definition) is 1. The minimum atomic E-state index is 0.257. The van der Waals surface area contributed by atoms with Gasteiger partial charge in [-0.25, -0.2) is 0 Å². The minimum Gasteiger partial charge on any atom is -0.341 e. The van der Waals surface area contributed by atoms with Crippen LogP contribution in [0.2, 0.25) is 0 Å². The molecule has 0 bridgehead atoms. The largest absolute Gasteiger partial charge is 0.341 e. The van der Waals surface area contributed by atoms with Gasteiger partial charge in [-0.3, -0.25) is 4.79 Å². The predicted octanol–water partition coefficient (Wildman–Crippen LogP) is 2.03. The molecule has 1 atom stereocenters. The molecule has 0 aliphatic carbocycles. The van der Waals surface area contributed by atoms with E-state index < -0.39 is 0 Å². The molecule has 3 nitrogen and oxygen atoms in total. The number of rotatable bonds is 4. The number of hydrogen-bond acceptors (Lipinski definition) is 2. The Morgan fingerprint density at radius 3 is 2.83 bits per heavy atom. The molecule has 0 radical (unpaired) electrons. The summed E-state index contributed by atoms with van der Waals surface area (Å²) < 4.78 is 0. The molecule has 2 rings (SSSR count). The molecule has 18 heavy (non-hydrogen) atoms. The topological polar surface area (TPSA) is 32.3 Å². The summed E-state index contributed by atoms with van der Waals surface area (Å²) in [5, 5.41) is 3.36. The van der Waals surface area contributed by atoms with E-state index in [0.29, 0.717) is 18.9 Å². The SMILES string of the molecule is CN(Cc1ccccc1)C(=O)CC1CCCNC1. The van der Waals surface area contributed by atoms with Gasteiger partial charge in [0.1, 0.15) is 0 Å². The van der Waals surface area contributed by atoms with Crippen LogP contribution in [0, 0.1) is 5.92 Å². The summed E-state index contributed by atoms with van der Waals surface area (Å²) in [6.45, 7) is 2.80. The maximum Gasteiger partial charge on any atom is 0.222 e. The van der Waals surface area contributed by atoms with Crippen LogP contribution >= 0.6 is 0 Å². The van der Waals surface area contributed by atoms with Crippen LogP contribution in [0.1, 0.15) is 24.8 Å². The standard InChI is InChI=1S/C15H22N2O/c1-17(12-13-6-3-2-4-7-13)15(18)10-14-8-5-9-16-11-14/h2-4,6-7,14,16H,5,8-12H2,1H3. The highest BCUT2D eigenvalue weighted by Crippen LogP contribution is 2.15. The molecule has 1 aliphatic rings. The minimum absolute atomic E-state index is 0.257. The lowest BCUT2D eigenvalue weighted by Crippen LogP contribution is -2.34. The van der Waals surface area contributed by atoms with Crippen molar-refractivity contribution in [3.05, 3.63) is 35.9 Å². The average molecular weight is 246 g/mol. The summed E-state index contributed by atoms with van der Waals surface area (Å²) in [7, 11) is 1.89. The van der Waals surface area contributed by atoms with Crippen LogP contribution in [0.4, 0.5) is 0 Å². The van der Waals surface area contributed by atoms with Crippen LogP contribution in [0.25, 0.3) is 0 Å². The molecule has 0 spiro atoms. The van der Waals surface area contributed by atoms with Crippen molar-refractivity contribution in [2.45, 2.75) is 25.8 Å². The van der Waals surface area contributed by atoms with Gasteiger partial charge in [0.25, 0.3) is 0 Å². The number of carbonyl (C=O) groups is 1. The summed E-state index contributed by atoms with van der Waals surface area (Å²) in [5.74, 6) is 0.775. The zero-order valence-corrected chi connectivity index (χ0v) is 11.1. The van der Waals surface area contributed by atoms with Crippen molar-refractivity contribution < 1.29 is 4.79 Å². The van der Waals surface area contributed by atoms with Crippen LogP contribution in [0.15, 0.2) is 30.3 Å². The van der Waals surface area contributed by atoms with Gasteiger partial charge in [0.2, 0.25) is 5.91 Å². The van der Waals surface area contributed by atoms with Gasteiger partial charge in [0.15, 0.2) is 0 Å². The average Bonchev–Trinajstić information content (AvgIpc) is 2.41. The number of nitrogens with one attached hydrogen (secondary N) is 1. The van der Waals surface area contributed by atoms with E-state index >= 15 is 0 Å². The van der Waals surface area contributed by atoms with Crippen molar-refractivity contribution in [1.29, 1.82) is 0 Å². The monoisotopic (exact) mass is 246 g/mol. The first kappa shape index (κ1) is 13.1. The molecule has 0 saturated carbocycles. The van der Waals surface area contributed by atoms with E-state index in [-0.39, 0.29) is 5.91 Å². The van der Waals surface area contributed by atoms with Crippen molar-refractivity contribution in [3.8, 4) is 0 Å². The number of amides is 1. The molecule has 1 unspecified atom stereocenters. The summed E-state index contributed by atoms with van der Waals surface area (Å²) >= 11 is 0. The third kappa shape index (κ3) is 3.84. The van der Waals surface area contributed by atoms with E-state index in [1.807, 2.05) is 30.1 Å². The molecule has 0 aromatic heterocycles. The van der Waals surface area contributed by atoms with E-state index in [1.165, 1.54) is 18.4 Å². The maximum atomic E-state index is 12.1. The Bertz CT molecular complexity index is 371. The van der Waals surface area contributed by atoms with Crippen molar-refractivity contribution in [1.82, 2.24) is 10.2 Å². The molecule has 3 heteroatoms. The molecule has 98 valence electrons. The summed E-state index contributed by atoms with van der Waals surface area (Å²) in [6, 6.07) is 10.1. The number of benzene rings is 1. The highest BCUT2D eigenvalue weighted by Gasteiger charge is 2.18. The second-order valence-corrected chi connectivity index (χ2v) is 5.15. The Kier molecular flexibility index (Phi) is 4.76. The molecule has 1 heterocycles. The number of piperidine rings is 1. The molecule has 1 fully saturated rings. The van der Waals surface area contributed by atoms with Crippen molar-refractivity contribution in [3.63, 3.8) is 0 Å². The normalized spacial score (nSPS) is 19.5. The van der Waals surface area contributed by atoms with Crippen LogP contribution in [0.3, 0.4) is 0 Å². The fourth-order valence-electron chi connectivity index (χ4n) is 2.45. The second-order valence-electron chi connectivity index (χ2n) is 5.15. The number of nitrogens with zero attached hydrogens (tertiary/aromatic N) is 1. The fraction of sp³-hybridized carbons (Fsp3) is 0.533. The lowest BCUT2D eigenvalue weighted by molar-refractivity contribution is -0.131. The van der Waals surface area contributed by atoms with E-state index in [4.69, 9.17) is 0 Å². The Labute approximate surface area is 109 Å². The molecule has 1 aromatic carbocycles. The molecule has 1 saturated heterocycles. The van der Waals surface area contributed by atoms with Crippen LogP contribution in [-0.4, -0.2) is 30.9 Å². The Morgan fingerprint density at radius 1 is 1.39 bits per heavy atom. The van der Waals surface area contributed by atoms with Gasteiger partial charge in [-0.05, 0) is 37.4 Å². The van der Waals surface area contributed by atoms with Crippen molar-refractivity contribution >= 4 is 5.91 Å². The fourth-order valence-corrected chi connectivity index (χ4v) is 2.45. The second kappa shape index (κ2) is 6.55. The molecular weight excluding hydrogens is 224 g/mol. The molecule has 1 amide bonds. The number of carbonyl (C=O) groups excluding carboxylic acids is 1. The molecule has 1 aromatic rings. The summed E-state index contributed by atoms with van der Waals surface area (Å²) in [6.07, 6.45) is 3.05. The van der Waals surface area contributed by atoms with Crippen LogP contribution < -0.4 is 5.32 Å². The first-order chi connectivity index (χ1) is 8.75. The molecular formula is C15H22N2O. The smallest absolute Gasteiger partial charge is 0.222 e. The third-order valence-corrected chi connectivity index (χ3v) is 3.55. The van der Waals surface area contributed by atoms with Gasteiger partial charge in [-0.15, -0.1) is 0 Å². The highest BCUT2D eigenvalue weighted by atomic mass is 16.2. The van der Waals surface area contributed by atoms with Gasteiger partial charge in [0.05, 0.1) is 0 Å². The summed E-state index contributed by atoms with van der Waals surface area (Å²) in [4.78, 5) is 14.0. The Balaban J connectivity index is 1.81. The lowest BCUT2D eigenvalue weighted by atomic mass is 9.95. The summed E-state index contributed by atoms with van der Waals surface area (Å²) in [5.41, 5.74) is 1.19. The van der Waals surface area contributed by atoms with E-state index in [2.05, 4.69) is 17.4 Å². The molecule has 1 N–H and O–H groups in total. The van der Waals surface area contributed by atoms with E-state index in [9.17, 15) is 4.79 Å². The molecule has 1 aliphatic heterocycles.